The van der Waals surface area contributed by atoms with Gasteiger partial charge in [0.25, 0.3) is 0 Å². The van der Waals surface area contributed by atoms with Gasteiger partial charge in [-0.05, 0) is 12.8 Å². The fraction of sp³-hybridized carbons (Fsp3) is 0.700. The standard InChI is InChI=1S/C10H16N2O3/c1-6(2)8(10(14)15-4)12-9(13)7(3)5-11/h6-8H,1-4H3,(H,12,13). The summed E-state index contributed by atoms with van der Waals surface area (Å²) in [6.07, 6.45) is 0. The summed E-state index contributed by atoms with van der Waals surface area (Å²) in [5.41, 5.74) is 0. The number of hydrogen-bond donors (Lipinski definition) is 1. The number of carbonyl (C=O) groups is 2. The normalized spacial score (nSPS) is 13.9. The Morgan fingerprint density at radius 3 is 2.20 bits per heavy atom. The Hall–Kier alpha value is -1.57. The van der Waals surface area contributed by atoms with Crippen LogP contribution in [0.15, 0.2) is 0 Å². The quantitative estimate of drug-likeness (QED) is 0.686. The van der Waals surface area contributed by atoms with Crippen LogP contribution in [0.1, 0.15) is 20.8 Å². The van der Waals surface area contributed by atoms with Gasteiger partial charge in [0.1, 0.15) is 12.0 Å². The minimum atomic E-state index is -0.768. The lowest BCUT2D eigenvalue weighted by atomic mass is 10.0. The maximum Gasteiger partial charge on any atom is 0.328 e. The minimum absolute atomic E-state index is 0.0766. The molecule has 0 aliphatic carbocycles. The van der Waals surface area contributed by atoms with Gasteiger partial charge in [-0.15, -0.1) is 0 Å². The fourth-order valence-corrected chi connectivity index (χ4v) is 0.962. The van der Waals surface area contributed by atoms with Crippen LogP contribution in [0, 0.1) is 23.2 Å². The monoisotopic (exact) mass is 212 g/mol. The Bertz CT molecular complexity index is 281. The molecule has 5 heteroatoms. The Labute approximate surface area is 89.4 Å². The molecule has 0 aromatic carbocycles. The number of amides is 1. The van der Waals surface area contributed by atoms with Crippen molar-refractivity contribution in [1.29, 1.82) is 5.26 Å². The first-order chi connectivity index (χ1) is 6.93. The highest BCUT2D eigenvalue weighted by Crippen LogP contribution is 2.05. The molecule has 0 saturated heterocycles. The van der Waals surface area contributed by atoms with E-state index in [0.29, 0.717) is 0 Å². The molecular formula is C10H16N2O3. The molecule has 84 valence electrons. The van der Waals surface area contributed by atoms with Crippen LogP contribution >= 0.6 is 0 Å². The van der Waals surface area contributed by atoms with Crippen LogP contribution in [0.5, 0.6) is 0 Å². The molecular weight excluding hydrogens is 196 g/mol. The van der Waals surface area contributed by atoms with Crippen molar-refractivity contribution in [3.63, 3.8) is 0 Å². The number of rotatable bonds is 4. The number of nitrogens with zero attached hydrogens (tertiary/aromatic N) is 1. The van der Waals surface area contributed by atoms with Crippen LogP contribution < -0.4 is 5.32 Å². The molecule has 0 fully saturated rings. The third-order valence-corrected chi connectivity index (χ3v) is 2.01. The van der Waals surface area contributed by atoms with Crippen LogP contribution in [0.25, 0.3) is 0 Å². The Kier molecular flexibility index (Phi) is 5.39. The van der Waals surface area contributed by atoms with Gasteiger partial charge in [0.15, 0.2) is 0 Å². The topological polar surface area (TPSA) is 79.2 Å². The van der Waals surface area contributed by atoms with Crippen LogP contribution in [-0.4, -0.2) is 25.0 Å². The lowest BCUT2D eigenvalue weighted by Gasteiger charge is -2.20. The third kappa shape index (κ3) is 3.98. The molecule has 1 N–H and O–H groups in total. The number of nitriles is 1. The molecule has 0 rings (SSSR count). The average Bonchev–Trinajstić information content (AvgIpc) is 2.22. The summed E-state index contributed by atoms with van der Waals surface area (Å²) >= 11 is 0. The van der Waals surface area contributed by atoms with Crippen LogP contribution in [0.4, 0.5) is 0 Å². The van der Waals surface area contributed by atoms with Crippen molar-refractivity contribution in [2.24, 2.45) is 11.8 Å². The van der Waals surface area contributed by atoms with E-state index in [0.717, 1.165) is 0 Å². The first-order valence-corrected chi connectivity index (χ1v) is 4.71. The number of esters is 1. The summed E-state index contributed by atoms with van der Waals surface area (Å²) in [6.45, 7) is 5.06. The van der Waals surface area contributed by atoms with E-state index in [9.17, 15) is 9.59 Å². The summed E-state index contributed by atoms with van der Waals surface area (Å²) < 4.78 is 4.55. The van der Waals surface area contributed by atoms with E-state index in [-0.39, 0.29) is 5.92 Å². The summed E-state index contributed by atoms with van der Waals surface area (Å²) in [5, 5.41) is 11.0. The Morgan fingerprint density at radius 1 is 1.33 bits per heavy atom. The van der Waals surface area contributed by atoms with Crippen LogP contribution in [-0.2, 0) is 14.3 Å². The second-order valence-electron chi connectivity index (χ2n) is 3.60. The number of nitrogens with one attached hydrogen (secondary N) is 1. The lowest BCUT2D eigenvalue weighted by molar-refractivity contribution is -0.146. The zero-order valence-corrected chi connectivity index (χ0v) is 9.40. The molecule has 0 aromatic heterocycles. The van der Waals surface area contributed by atoms with Crippen molar-refractivity contribution in [3.05, 3.63) is 0 Å². The second kappa shape index (κ2) is 6.02. The van der Waals surface area contributed by atoms with Gasteiger partial charge in [0, 0.05) is 0 Å². The average molecular weight is 212 g/mol. The smallest absolute Gasteiger partial charge is 0.328 e. The molecule has 0 radical (unpaired) electrons. The van der Waals surface area contributed by atoms with E-state index in [1.165, 1.54) is 14.0 Å². The summed E-state index contributed by atoms with van der Waals surface area (Å²) in [6, 6.07) is 1.11. The predicted octanol–water partition coefficient (Wildman–Crippen LogP) is 0.460. The maximum atomic E-state index is 11.4. The van der Waals surface area contributed by atoms with Crippen molar-refractivity contribution in [2.45, 2.75) is 26.8 Å². The zero-order valence-electron chi connectivity index (χ0n) is 9.40. The molecule has 1 amide bonds. The van der Waals surface area contributed by atoms with E-state index >= 15 is 0 Å². The van der Waals surface area contributed by atoms with E-state index in [4.69, 9.17) is 5.26 Å². The van der Waals surface area contributed by atoms with Gasteiger partial charge in [-0.2, -0.15) is 5.26 Å². The van der Waals surface area contributed by atoms with Gasteiger partial charge < -0.3 is 10.1 Å². The van der Waals surface area contributed by atoms with Gasteiger partial charge in [0.2, 0.25) is 5.91 Å². The molecule has 0 saturated carbocycles. The lowest BCUT2D eigenvalue weighted by Crippen LogP contribution is -2.46. The molecule has 15 heavy (non-hydrogen) atoms. The highest BCUT2D eigenvalue weighted by atomic mass is 16.5. The summed E-state index contributed by atoms with van der Waals surface area (Å²) in [5.74, 6) is -1.80. The molecule has 0 aliphatic rings. The van der Waals surface area contributed by atoms with Crippen LogP contribution in [0.2, 0.25) is 0 Å². The van der Waals surface area contributed by atoms with Crippen LogP contribution in [0.3, 0.4) is 0 Å². The largest absolute Gasteiger partial charge is 0.467 e. The van der Waals surface area contributed by atoms with Gasteiger partial charge in [-0.25, -0.2) is 4.79 Å². The molecule has 0 spiro atoms. The van der Waals surface area contributed by atoms with E-state index in [1.54, 1.807) is 19.9 Å². The van der Waals surface area contributed by atoms with Crippen molar-refractivity contribution in [3.8, 4) is 6.07 Å². The van der Waals surface area contributed by atoms with Crippen molar-refractivity contribution >= 4 is 11.9 Å². The third-order valence-electron chi connectivity index (χ3n) is 2.01. The molecule has 2 atom stereocenters. The highest BCUT2D eigenvalue weighted by molar-refractivity contribution is 5.86. The summed E-state index contributed by atoms with van der Waals surface area (Å²) in [4.78, 5) is 22.6. The highest BCUT2D eigenvalue weighted by Gasteiger charge is 2.26. The van der Waals surface area contributed by atoms with Crippen molar-refractivity contribution in [2.75, 3.05) is 7.11 Å². The predicted molar refractivity (Wildman–Crippen MR) is 53.6 cm³/mol. The van der Waals surface area contributed by atoms with Crippen molar-refractivity contribution < 1.29 is 14.3 Å². The Balaban J connectivity index is 4.51. The number of carbonyl (C=O) groups excluding carboxylic acids is 2. The van der Waals surface area contributed by atoms with Gasteiger partial charge >= 0.3 is 5.97 Å². The van der Waals surface area contributed by atoms with E-state index in [2.05, 4.69) is 10.1 Å². The molecule has 5 nitrogen and oxygen atoms in total. The number of hydrogen-bond acceptors (Lipinski definition) is 4. The Morgan fingerprint density at radius 2 is 1.87 bits per heavy atom. The molecule has 0 heterocycles. The molecule has 0 aromatic rings. The van der Waals surface area contributed by atoms with Crippen molar-refractivity contribution in [1.82, 2.24) is 5.32 Å². The number of methoxy groups -OCH3 is 1. The second-order valence-corrected chi connectivity index (χ2v) is 3.60. The SMILES string of the molecule is COC(=O)C(NC(=O)C(C)C#N)C(C)C. The fourth-order valence-electron chi connectivity index (χ4n) is 0.962. The molecule has 0 bridgehead atoms. The molecule has 2 unspecified atom stereocenters. The van der Waals surface area contributed by atoms with E-state index in [1.807, 2.05) is 0 Å². The van der Waals surface area contributed by atoms with E-state index < -0.39 is 23.8 Å². The zero-order chi connectivity index (χ0) is 12.0. The van der Waals surface area contributed by atoms with Gasteiger partial charge in [-0.1, -0.05) is 13.8 Å². The molecule has 0 aliphatic heterocycles. The number of ether oxygens (including phenoxy) is 1. The summed E-state index contributed by atoms with van der Waals surface area (Å²) in [7, 11) is 1.26. The minimum Gasteiger partial charge on any atom is -0.467 e. The first-order valence-electron chi connectivity index (χ1n) is 4.71. The van der Waals surface area contributed by atoms with Gasteiger partial charge in [0.05, 0.1) is 13.2 Å². The first kappa shape index (κ1) is 13.4. The maximum absolute atomic E-state index is 11.4. The van der Waals surface area contributed by atoms with Gasteiger partial charge in [-0.3, -0.25) is 4.79 Å².